The second kappa shape index (κ2) is 5.09. The lowest BCUT2D eigenvalue weighted by atomic mass is 10.1. The molecule has 86 valence electrons. The minimum Gasteiger partial charge on any atom is -0.282 e. The van der Waals surface area contributed by atoms with Crippen LogP contribution in [-0.2, 0) is 13.0 Å². The summed E-state index contributed by atoms with van der Waals surface area (Å²) in [4.78, 5) is 11.0. The van der Waals surface area contributed by atoms with Gasteiger partial charge in [-0.15, -0.1) is 0 Å². The summed E-state index contributed by atoms with van der Waals surface area (Å²) < 4.78 is 0. The van der Waals surface area contributed by atoms with E-state index in [0.29, 0.717) is 11.4 Å². The normalized spacial score (nSPS) is 9.94. The van der Waals surface area contributed by atoms with E-state index < -0.39 is 0 Å². The van der Waals surface area contributed by atoms with E-state index in [1.54, 1.807) is 18.6 Å². The van der Waals surface area contributed by atoms with Crippen LogP contribution in [0.2, 0.25) is 0 Å². The summed E-state index contributed by atoms with van der Waals surface area (Å²) in [5.41, 5.74) is 11.6. The van der Waals surface area contributed by atoms with Crippen molar-refractivity contribution in [2.24, 2.45) is 5.11 Å². The first-order valence-electron chi connectivity index (χ1n) is 5.20. The summed E-state index contributed by atoms with van der Waals surface area (Å²) in [5.74, 6) is 0. The molecule has 0 saturated carbocycles. The van der Waals surface area contributed by atoms with E-state index >= 15 is 0 Å². The van der Waals surface area contributed by atoms with Crippen LogP contribution in [0.25, 0.3) is 21.8 Å². The SMILES string of the molecule is CCc1[nH]nc(-c2cnccn2)c1CN=[N+]=[N-]. The minimum atomic E-state index is 0.266. The number of nitrogens with one attached hydrogen (secondary N) is 1. The molecule has 17 heavy (non-hydrogen) atoms. The van der Waals surface area contributed by atoms with Gasteiger partial charge in [-0.3, -0.25) is 15.1 Å². The Morgan fingerprint density at radius 1 is 1.47 bits per heavy atom. The highest BCUT2D eigenvalue weighted by Crippen LogP contribution is 2.22. The lowest BCUT2D eigenvalue weighted by Crippen LogP contribution is -1.91. The molecule has 2 aromatic rings. The van der Waals surface area contributed by atoms with Gasteiger partial charge in [-0.2, -0.15) is 5.10 Å². The molecule has 0 aliphatic rings. The van der Waals surface area contributed by atoms with Crippen LogP contribution in [0.15, 0.2) is 23.7 Å². The van der Waals surface area contributed by atoms with Crippen LogP contribution in [0.3, 0.4) is 0 Å². The molecular formula is C10H11N7. The molecule has 7 heteroatoms. The predicted molar refractivity (Wildman–Crippen MR) is 61.8 cm³/mol. The summed E-state index contributed by atoms with van der Waals surface area (Å²) in [6.07, 6.45) is 5.63. The molecule has 2 heterocycles. The molecule has 0 spiro atoms. The van der Waals surface area contributed by atoms with E-state index in [1.807, 2.05) is 6.92 Å². The Labute approximate surface area is 97.6 Å². The van der Waals surface area contributed by atoms with Crippen LogP contribution in [0.1, 0.15) is 18.2 Å². The average molecular weight is 229 g/mol. The van der Waals surface area contributed by atoms with E-state index in [2.05, 4.69) is 30.2 Å². The van der Waals surface area contributed by atoms with E-state index in [0.717, 1.165) is 17.7 Å². The number of nitrogens with zero attached hydrogens (tertiary/aromatic N) is 6. The average Bonchev–Trinajstić information content (AvgIpc) is 2.80. The highest BCUT2D eigenvalue weighted by atomic mass is 15.2. The number of rotatable bonds is 4. The zero-order valence-electron chi connectivity index (χ0n) is 9.33. The summed E-state index contributed by atoms with van der Waals surface area (Å²) in [6.45, 7) is 2.27. The molecule has 2 rings (SSSR count). The molecule has 0 aliphatic carbocycles. The maximum absolute atomic E-state index is 8.39. The van der Waals surface area contributed by atoms with Crippen molar-refractivity contribution in [1.82, 2.24) is 20.2 Å². The number of azide groups is 1. The largest absolute Gasteiger partial charge is 0.282 e. The molecule has 0 saturated heterocycles. The summed E-state index contributed by atoms with van der Waals surface area (Å²) in [7, 11) is 0. The maximum atomic E-state index is 8.39. The van der Waals surface area contributed by atoms with Gasteiger partial charge in [-0.05, 0) is 12.0 Å². The summed E-state index contributed by atoms with van der Waals surface area (Å²) in [6, 6.07) is 0. The van der Waals surface area contributed by atoms with Gasteiger partial charge < -0.3 is 0 Å². The lowest BCUT2D eigenvalue weighted by Gasteiger charge is -1.99. The van der Waals surface area contributed by atoms with Crippen LogP contribution >= 0.6 is 0 Å². The van der Waals surface area contributed by atoms with Gasteiger partial charge in [0.15, 0.2) is 0 Å². The topological polar surface area (TPSA) is 103 Å². The van der Waals surface area contributed by atoms with Crippen LogP contribution < -0.4 is 0 Å². The molecule has 0 atom stereocenters. The molecule has 7 nitrogen and oxygen atoms in total. The van der Waals surface area contributed by atoms with Crippen LogP contribution in [0, 0.1) is 0 Å². The number of hydrogen-bond acceptors (Lipinski definition) is 4. The van der Waals surface area contributed by atoms with Gasteiger partial charge in [-0.1, -0.05) is 12.0 Å². The van der Waals surface area contributed by atoms with Crippen molar-refractivity contribution in [2.45, 2.75) is 19.9 Å². The second-order valence-electron chi connectivity index (χ2n) is 3.36. The molecule has 0 radical (unpaired) electrons. The Morgan fingerprint density at radius 2 is 2.35 bits per heavy atom. The van der Waals surface area contributed by atoms with Crippen LogP contribution in [-0.4, -0.2) is 20.2 Å². The Kier molecular flexibility index (Phi) is 3.32. The highest BCUT2D eigenvalue weighted by Gasteiger charge is 2.13. The maximum Gasteiger partial charge on any atom is 0.116 e. The second-order valence-corrected chi connectivity index (χ2v) is 3.36. The van der Waals surface area contributed by atoms with Gasteiger partial charge in [0.1, 0.15) is 11.4 Å². The Balaban J connectivity index is 2.47. The molecule has 0 fully saturated rings. The van der Waals surface area contributed by atoms with Gasteiger partial charge in [0.05, 0.1) is 12.7 Å². The molecule has 2 aromatic heterocycles. The van der Waals surface area contributed by atoms with E-state index in [9.17, 15) is 0 Å². The number of H-pyrrole nitrogens is 1. The smallest absolute Gasteiger partial charge is 0.116 e. The fourth-order valence-electron chi connectivity index (χ4n) is 1.60. The summed E-state index contributed by atoms with van der Waals surface area (Å²) in [5, 5.41) is 10.7. The fraction of sp³-hybridized carbons (Fsp3) is 0.300. The van der Waals surface area contributed by atoms with E-state index in [-0.39, 0.29) is 6.54 Å². The Morgan fingerprint density at radius 3 is 3.00 bits per heavy atom. The standard InChI is InChI=1S/C10H11N7/c1-2-8-7(5-14-17-11)10(16-15-8)9-6-12-3-4-13-9/h3-4,6H,2,5H2,1H3,(H,15,16). The van der Waals surface area contributed by atoms with Gasteiger partial charge in [0.25, 0.3) is 0 Å². The summed E-state index contributed by atoms with van der Waals surface area (Å²) >= 11 is 0. The predicted octanol–water partition coefficient (Wildman–Crippen LogP) is 2.24. The Bertz CT molecular complexity index is 539. The number of aryl methyl sites for hydroxylation is 1. The monoisotopic (exact) mass is 229 g/mol. The van der Waals surface area contributed by atoms with Crippen molar-refractivity contribution in [3.8, 4) is 11.4 Å². The third kappa shape index (κ3) is 2.24. The molecule has 0 amide bonds. The van der Waals surface area contributed by atoms with Gasteiger partial charge in [0, 0.05) is 28.6 Å². The first kappa shape index (κ1) is 11.1. The van der Waals surface area contributed by atoms with Crippen LogP contribution in [0.4, 0.5) is 0 Å². The van der Waals surface area contributed by atoms with Crippen molar-refractivity contribution in [1.29, 1.82) is 0 Å². The molecule has 0 aliphatic heterocycles. The fourth-order valence-corrected chi connectivity index (χ4v) is 1.60. The van der Waals surface area contributed by atoms with Crippen LogP contribution in [0.5, 0.6) is 0 Å². The molecule has 0 aromatic carbocycles. The van der Waals surface area contributed by atoms with Crippen molar-refractivity contribution < 1.29 is 0 Å². The zero-order valence-corrected chi connectivity index (χ0v) is 9.33. The first-order chi connectivity index (χ1) is 8.36. The number of aromatic amines is 1. The van der Waals surface area contributed by atoms with Gasteiger partial charge in [0.2, 0.25) is 0 Å². The quantitative estimate of drug-likeness (QED) is 0.493. The Hall–Kier alpha value is -2.40. The number of hydrogen-bond donors (Lipinski definition) is 1. The van der Waals surface area contributed by atoms with Gasteiger partial charge >= 0.3 is 0 Å². The van der Waals surface area contributed by atoms with E-state index in [1.165, 1.54) is 0 Å². The molecule has 0 bridgehead atoms. The van der Waals surface area contributed by atoms with Crippen molar-refractivity contribution in [2.75, 3.05) is 0 Å². The third-order valence-electron chi connectivity index (χ3n) is 2.40. The van der Waals surface area contributed by atoms with Gasteiger partial charge in [-0.25, -0.2) is 0 Å². The lowest BCUT2D eigenvalue weighted by molar-refractivity contribution is 0.944. The third-order valence-corrected chi connectivity index (χ3v) is 2.40. The molecule has 0 unspecified atom stereocenters. The number of aromatic nitrogens is 4. The molecular weight excluding hydrogens is 218 g/mol. The van der Waals surface area contributed by atoms with Crippen molar-refractivity contribution in [3.05, 3.63) is 40.3 Å². The first-order valence-corrected chi connectivity index (χ1v) is 5.20. The zero-order chi connectivity index (χ0) is 12.1. The van der Waals surface area contributed by atoms with E-state index in [4.69, 9.17) is 5.53 Å². The van der Waals surface area contributed by atoms with Crippen molar-refractivity contribution in [3.63, 3.8) is 0 Å². The highest BCUT2D eigenvalue weighted by molar-refractivity contribution is 5.58. The minimum absolute atomic E-state index is 0.266. The van der Waals surface area contributed by atoms with Crippen molar-refractivity contribution >= 4 is 0 Å². The molecule has 1 N–H and O–H groups in total.